The van der Waals surface area contributed by atoms with Crippen molar-refractivity contribution in [3.8, 4) is 16.9 Å². The normalized spacial score (nSPS) is 11.2. The second kappa shape index (κ2) is 5.90. The Bertz CT molecular complexity index is 1160. The molecule has 2 heterocycles. The Balaban J connectivity index is 1.90. The zero-order chi connectivity index (χ0) is 17.6. The fourth-order valence-electron chi connectivity index (χ4n) is 2.90. The summed E-state index contributed by atoms with van der Waals surface area (Å²) in [5, 5.41) is 0.633. The van der Waals surface area contributed by atoms with Crippen molar-refractivity contribution in [2.75, 3.05) is 0 Å². The van der Waals surface area contributed by atoms with E-state index >= 15 is 0 Å². The lowest BCUT2D eigenvalue weighted by molar-refractivity contribution is 0.949. The summed E-state index contributed by atoms with van der Waals surface area (Å²) in [6.45, 7) is 3.97. The van der Waals surface area contributed by atoms with Gasteiger partial charge in [0.15, 0.2) is 0 Å². The van der Waals surface area contributed by atoms with Crippen molar-refractivity contribution in [3.05, 3.63) is 87.6 Å². The average molecular weight is 350 g/mol. The van der Waals surface area contributed by atoms with Crippen LogP contribution in [0.4, 0.5) is 0 Å². The van der Waals surface area contributed by atoms with Gasteiger partial charge in [0.2, 0.25) is 5.65 Å². The van der Waals surface area contributed by atoms with Gasteiger partial charge in [0.05, 0.1) is 11.4 Å². The first kappa shape index (κ1) is 15.7. The maximum atomic E-state index is 12.9. The summed E-state index contributed by atoms with van der Waals surface area (Å²) >= 11 is 6.20. The van der Waals surface area contributed by atoms with Gasteiger partial charge in [-0.15, -0.1) is 0 Å². The molecular weight excluding hydrogens is 334 g/mol. The zero-order valence-corrected chi connectivity index (χ0v) is 14.7. The quantitative estimate of drug-likeness (QED) is 0.537. The molecule has 0 saturated heterocycles. The highest BCUT2D eigenvalue weighted by molar-refractivity contribution is 6.31. The fourth-order valence-corrected chi connectivity index (χ4v) is 3.08. The molecule has 0 atom stereocenters. The minimum absolute atomic E-state index is 0.178. The lowest BCUT2D eigenvalue weighted by Crippen LogP contribution is -2.19. The molecule has 0 N–H and O–H groups in total. The van der Waals surface area contributed by atoms with Gasteiger partial charge in [0.1, 0.15) is 0 Å². The van der Waals surface area contributed by atoms with E-state index in [1.54, 1.807) is 21.2 Å². The lowest BCUT2D eigenvalue weighted by Gasteiger charge is -2.07. The summed E-state index contributed by atoms with van der Waals surface area (Å²) in [6, 6.07) is 13.6. The molecule has 0 amide bonds. The molecule has 0 radical (unpaired) electrons. The zero-order valence-electron chi connectivity index (χ0n) is 13.9. The molecule has 4 nitrogen and oxygen atoms in total. The monoisotopic (exact) mass is 349 g/mol. The summed E-state index contributed by atoms with van der Waals surface area (Å²) in [4.78, 5) is 17.5. The highest BCUT2D eigenvalue weighted by Crippen LogP contribution is 2.22. The Morgan fingerprint density at radius 3 is 2.56 bits per heavy atom. The van der Waals surface area contributed by atoms with Crippen molar-refractivity contribution < 1.29 is 0 Å². The van der Waals surface area contributed by atoms with Crippen molar-refractivity contribution in [2.45, 2.75) is 13.8 Å². The standard InChI is InChI=1S/C20H16ClN3O/c1-13-5-3-4-6-16(13)18-12-23-9-10-24(20(25)19(23)22-18)15-8-7-14(2)17(21)11-15/h3-12H,1-2H3. The number of rotatable bonds is 2. The van der Waals surface area contributed by atoms with E-state index in [0.29, 0.717) is 10.7 Å². The first-order valence-corrected chi connectivity index (χ1v) is 8.35. The molecule has 0 aliphatic rings. The fraction of sp³-hybridized carbons (Fsp3) is 0.100. The number of imidazole rings is 1. The molecule has 0 fully saturated rings. The van der Waals surface area contributed by atoms with Crippen molar-refractivity contribution in [1.29, 1.82) is 0 Å². The second-order valence-corrected chi connectivity index (χ2v) is 6.49. The molecule has 4 aromatic rings. The van der Waals surface area contributed by atoms with E-state index in [0.717, 1.165) is 28.1 Å². The largest absolute Gasteiger partial charge is 0.300 e. The molecule has 0 aliphatic carbocycles. The Morgan fingerprint density at radius 1 is 1.00 bits per heavy atom. The van der Waals surface area contributed by atoms with Gasteiger partial charge in [-0.05, 0) is 37.1 Å². The van der Waals surface area contributed by atoms with Crippen LogP contribution in [-0.2, 0) is 0 Å². The molecule has 2 aromatic carbocycles. The Kier molecular flexibility index (Phi) is 3.70. The number of hydrogen-bond acceptors (Lipinski definition) is 2. The Morgan fingerprint density at radius 2 is 1.80 bits per heavy atom. The summed E-state index contributed by atoms with van der Waals surface area (Å²) in [5.74, 6) is 0. The van der Waals surface area contributed by atoms with Crippen LogP contribution in [0.1, 0.15) is 11.1 Å². The number of fused-ring (bicyclic) bond motifs is 1. The van der Waals surface area contributed by atoms with Gasteiger partial charge in [-0.2, -0.15) is 0 Å². The number of nitrogens with zero attached hydrogens (tertiary/aromatic N) is 3. The van der Waals surface area contributed by atoms with Crippen molar-refractivity contribution in [1.82, 2.24) is 14.0 Å². The lowest BCUT2D eigenvalue weighted by atomic mass is 10.1. The van der Waals surface area contributed by atoms with Crippen LogP contribution in [0.15, 0.2) is 65.8 Å². The van der Waals surface area contributed by atoms with Gasteiger partial charge >= 0.3 is 0 Å². The van der Waals surface area contributed by atoms with E-state index < -0.39 is 0 Å². The molecule has 4 rings (SSSR count). The SMILES string of the molecule is Cc1ccc(-n2ccn3cc(-c4ccccc4C)nc3c2=O)cc1Cl. The van der Waals surface area contributed by atoms with Gasteiger partial charge < -0.3 is 4.40 Å². The summed E-state index contributed by atoms with van der Waals surface area (Å²) in [6.07, 6.45) is 5.45. The molecule has 0 spiro atoms. The van der Waals surface area contributed by atoms with E-state index in [1.807, 2.05) is 62.6 Å². The third-order valence-corrected chi connectivity index (χ3v) is 4.78. The van der Waals surface area contributed by atoms with Crippen LogP contribution in [0.3, 0.4) is 0 Å². The summed E-state index contributed by atoms with van der Waals surface area (Å²) < 4.78 is 3.33. The Hall–Kier alpha value is -2.85. The number of aryl methyl sites for hydroxylation is 2. The Labute approximate surface area is 150 Å². The van der Waals surface area contributed by atoms with Gasteiger partial charge in [-0.1, -0.05) is 41.9 Å². The molecule has 0 aliphatic heterocycles. The third kappa shape index (κ3) is 2.65. The van der Waals surface area contributed by atoms with Crippen molar-refractivity contribution in [2.24, 2.45) is 0 Å². The van der Waals surface area contributed by atoms with E-state index in [9.17, 15) is 4.79 Å². The molecule has 0 unspecified atom stereocenters. The van der Waals surface area contributed by atoms with Crippen LogP contribution >= 0.6 is 11.6 Å². The molecule has 25 heavy (non-hydrogen) atoms. The maximum Gasteiger partial charge on any atom is 0.298 e. The minimum atomic E-state index is -0.178. The van der Waals surface area contributed by atoms with Crippen molar-refractivity contribution in [3.63, 3.8) is 0 Å². The number of hydrogen-bond donors (Lipinski definition) is 0. The van der Waals surface area contributed by atoms with E-state index in [1.165, 1.54) is 0 Å². The molecule has 124 valence electrons. The van der Waals surface area contributed by atoms with Crippen LogP contribution in [-0.4, -0.2) is 14.0 Å². The second-order valence-electron chi connectivity index (χ2n) is 6.08. The summed E-state index contributed by atoms with van der Waals surface area (Å²) in [5.41, 5.74) is 4.84. The number of aromatic nitrogens is 3. The van der Waals surface area contributed by atoms with Crippen LogP contribution in [0.5, 0.6) is 0 Å². The number of benzene rings is 2. The smallest absolute Gasteiger partial charge is 0.298 e. The van der Waals surface area contributed by atoms with Crippen LogP contribution in [0.2, 0.25) is 5.02 Å². The summed E-state index contributed by atoms with van der Waals surface area (Å²) in [7, 11) is 0. The van der Waals surface area contributed by atoms with E-state index in [-0.39, 0.29) is 5.56 Å². The molecule has 0 saturated carbocycles. The predicted molar refractivity (Wildman–Crippen MR) is 101 cm³/mol. The maximum absolute atomic E-state index is 12.9. The van der Waals surface area contributed by atoms with Crippen LogP contribution < -0.4 is 5.56 Å². The number of halogens is 1. The predicted octanol–water partition coefficient (Wildman–Crippen LogP) is 4.42. The topological polar surface area (TPSA) is 39.3 Å². The van der Waals surface area contributed by atoms with Gasteiger partial charge in [-0.3, -0.25) is 9.36 Å². The van der Waals surface area contributed by atoms with Crippen LogP contribution in [0, 0.1) is 13.8 Å². The third-order valence-electron chi connectivity index (χ3n) is 4.37. The highest BCUT2D eigenvalue weighted by Gasteiger charge is 2.12. The van der Waals surface area contributed by atoms with Crippen molar-refractivity contribution >= 4 is 17.2 Å². The first-order chi connectivity index (χ1) is 12.0. The van der Waals surface area contributed by atoms with Gasteiger partial charge in [0.25, 0.3) is 5.56 Å². The molecule has 0 bridgehead atoms. The van der Waals surface area contributed by atoms with Crippen LogP contribution in [0.25, 0.3) is 22.6 Å². The van der Waals surface area contributed by atoms with E-state index in [4.69, 9.17) is 11.6 Å². The first-order valence-electron chi connectivity index (χ1n) is 7.97. The molecule has 5 heteroatoms. The molecule has 2 aromatic heterocycles. The van der Waals surface area contributed by atoms with Gasteiger partial charge in [0, 0.05) is 29.2 Å². The van der Waals surface area contributed by atoms with Gasteiger partial charge in [-0.25, -0.2) is 4.98 Å². The minimum Gasteiger partial charge on any atom is -0.300 e. The average Bonchev–Trinajstić information content (AvgIpc) is 3.03. The highest BCUT2D eigenvalue weighted by atomic mass is 35.5. The van der Waals surface area contributed by atoms with E-state index in [2.05, 4.69) is 4.98 Å². The molecular formula is C20H16ClN3O.